The van der Waals surface area contributed by atoms with E-state index in [-0.39, 0.29) is 12.8 Å². The lowest BCUT2D eigenvalue weighted by Gasteiger charge is -2.26. The van der Waals surface area contributed by atoms with Crippen LogP contribution in [0, 0.1) is 0 Å². The number of carboxylic acid groups (broad SMARTS) is 1. The number of aliphatic hydroxyl groups is 1. The number of aliphatic hydroxyl groups excluding tert-OH is 1. The molecule has 1 amide bonds. The van der Waals surface area contributed by atoms with Gasteiger partial charge in [-0.25, -0.2) is 4.79 Å². The quantitative estimate of drug-likeness (QED) is 0.716. The Hall–Kier alpha value is -2.08. The predicted molar refractivity (Wildman–Crippen MR) is 86.2 cm³/mol. The first-order valence-corrected chi connectivity index (χ1v) is 7.60. The Morgan fingerprint density at radius 3 is 2.35 bits per heavy atom. The van der Waals surface area contributed by atoms with Crippen molar-refractivity contribution in [1.29, 1.82) is 0 Å². The third-order valence-electron chi connectivity index (χ3n) is 3.12. The van der Waals surface area contributed by atoms with Crippen LogP contribution in [0.4, 0.5) is 4.79 Å². The van der Waals surface area contributed by atoms with Gasteiger partial charge in [0.05, 0.1) is 12.1 Å². The fraction of sp³-hybridized carbons (Fsp3) is 0.529. The van der Waals surface area contributed by atoms with Gasteiger partial charge in [0.2, 0.25) is 0 Å². The number of alkyl carbamates (subject to hydrolysis) is 1. The summed E-state index contributed by atoms with van der Waals surface area (Å²) in [7, 11) is 0. The van der Waals surface area contributed by atoms with Gasteiger partial charge in [-0.2, -0.15) is 0 Å². The molecular formula is C17H25NO5. The molecule has 0 aliphatic heterocycles. The number of carbonyl (C=O) groups is 2. The summed E-state index contributed by atoms with van der Waals surface area (Å²) in [5.41, 5.74) is 0.288. The third-order valence-corrected chi connectivity index (χ3v) is 3.12. The molecule has 0 aromatic heterocycles. The highest BCUT2D eigenvalue weighted by atomic mass is 16.6. The van der Waals surface area contributed by atoms with E-state index in [1.165, 1.54) is 0 Å². The zero-order chi connectivity index (χ0) is 17.5. The van der Waals surface area contributed by atoms with E-state index in [2.05, 4.69) is 5.32 Å². The van der Waals surface area contributed by atoms with Gasteiger partial charge in [0, 0.05) is 6.42 Å². The van der Waals surface area contributed by atoms with E-state index in [9.17, 15) is 14.7 Å². The zero-order valence-corrected chi connectivity index (χ0v) is 13.8. The molecule has 0 aliphatic carbocycles. The Balaban J connectivity index is 2.74. The van der Waals surface area contributed by atoms with Crippen molar-refractivity contribution in [2.24, 2.45) is 0 Å². The number of amides is 1. The number of carbonyl (C=O) groups excluding carboxylic acids is 1. The van der Waals surface area contributed by atoms with Crippen LogP contribution in [0.25, 0.3) is 0 Å². The summed E-state index contributed by atoms with van der Waals surface area (Å²) in [6.07, 6.45) is -1.32. The highest BCUT2D eigenvalue weighted by Crippen LogP contribution is 2.12. The number of rotatable bonds is 7. The number of hydrogen-bond donors (Lipinski definition) is 3. The summed E-state index contributed by atoms with van der Waals surface area (Å²) in [5, 5.41) is 21.6. The Labute approximate surface area is 136 Å². The largest absolute Gasteiger partial charge is 0.481 e. The fourth-order valence-corrected chi connectivity index (χ4v) is 2.08. The molecule has 2 atom stereocenters. The van der Waals surface area contributed by atoms with Gasteiger partial charge >= 0.3 is 12.1 Å². The molecular weight excluding hydrogens is 298 g/mol. The maximum absolute atomic E-state index is 11.9. The van der Waals surface area contributed by atoms with Crippen molar-refractivity contribution >= 4 is 12.1 Å². The molecule has 6 nitrogen and oxygen atoms in total. The Morgan fingerprint density at radius 1 is 1.22 bits per heavy atom. The number of carboxylic acids is 1. The number of aliphatic carboxylic acids is 1. The van der Waals surface area contributed by atoms with Crippen molar-refractivity contribution in [2.45, 2.75) is 57.8 Å². The monoisotopic (exact) mass is 323 g/mol. The number of benzene rings is 1. The molecule has 1 rings (SSSR count). The molecule has 1 aromatic carbocycles. The summed E-state index contributed by atoms with van der Waals surface area (Å²) in [4.78, 5) is 22.6. The topological polar surface area (TPSA) is 95.9 Å². The van der Waals surface area contributed by atoms with Gasteiger partial charge in [-0.3, -0.25) is 4.79 Å². The third kappa shape index (κ3) is 8.21. The molecule has 0 saturated heterocycles. The maximum atomic E-state index is 11.9. The van der Waals surface area contributed by atoms with E-state index in [4.69, 9.17) is 9.84 Å². The lowest BCUT2D eigenvalue weighted by atomic mass is 9.98. The van der Waals surface area contributed by atoms with Gasteiger partial charge in [-0.1, -0.05) is 30.3 Å². The van der Waals surface area contributed by atoms with Crippen LogP contribution in [0.15, 0.2) is 30.3 Å². The Morgan fingerprint density at radius 2 is 1.83 bits per heavy atom. The minimum absolute atomic E-state index is 0.0582. The molecule has 0 fully saturated rings. The van der Waals surface area contributed by atoms with Crippen LogP contribution in [0.2, 0.25) is 0 Å². The van der Waals surface area contributed by atoms with Crippen LogP contribution < -0.4 is 5.32 Å². The first kappa shape index (κ1) is 19.0. The van der Waals surface area contributed by atoms with Crippen molar-refractivity contribution in [3.63, 3.8) is 0 Å². The number of hydrogen-bond acceptors (Lipinski definition) is 4. The fourth-order valence-electron chi connectivity index (χ4n) is 2.08. The molecule has 6 heteroatoms. The van der Waals surface area contributed by atoms with Crippen LogP contribution in [-0.2, 0) is 16.0 Å². The molecule has 0 aliphatic rings. The van der Waals surface area contributed by atoms with E-state index in [0.717, 1.165) is 5.56 Å². The molecule has 0 saturated carbocycles. The molecule has 0 radical (unpaired) electrons. The molecule has 128 valence electrons. The van der Waals surface area contributed by atoms with Crippen molar-refractivity contribution in [1.82, 2.24) is 5.32 Å². The summed E-state index contributed by atoms with van der Waals surface area (Å²) in [5.74, 6) is -0.986. The second kappa shape index (κ2) is 8.53. The second-order valence-electron chi connectivity index (χ2n) is 6.44. The Kier molecular flexibility index (Phi) is 7.03. The van der Waals surface area contributed by atoms with Gasteiger partial charge in [0.25, 0.3) is 0 Å². The first-order valence-electron chi connectivity index (χ1n) is 7.60. The highest BCUT2D eigenvalue weighted by molar-refractivity contribution is 5.68. The number of nitrogens with one attached hydrogen (secondary N) is 1. The van der Waals surface area contributed by atoms with E-state index < -0.39 is 29.8 Å². The van der Waals surface area contributed by atoms with Crippen molar-refractivity contribution in [3.05, 3.63) is 35.9 Å². The first-order chi connectivity index (χ1) is 10.7. The lowest BCUT2D eigenvalue weighted by molar-refractivity contribution is -0.137. The lowest BCUT2D eigenvalue weighted by Crippen LogP contribution is -2.46. The van der Waals surface area contributed by atoms with Crippen molar-refractivity contribution in [3.8, 4) is 0 Å². The second-order valence-corrected chi connectivity index (χ2v) is 6.44. The number of ether oxygens (including phenoxy) is 1. The van der Waals surface area contributed by atoms with Crippen LogP contribution in [0.5, 0.6) is 0 Å². The van der Waals surface area contributed by atoms with Crippen LogP contribution in [-0.4, -0.2) is 40.0 Å². The van der Waals surface area contributed by atoms with E-state index in [0.29, 0.717) is 6.42 Å². The summed E-state index contributed by atoms with van der Waals surface area (Å²) in [6.45, 7) is 5.25. The van der Waals surface area contributed by atoms with Gasteiger partial charge in [0.15, 0.2) is 0 Å². The van der Waals surface area contributed by atoms with Crippen LogP contribution in [0.1, 0.15) is 39.2 Å². The summed E-state index contributed by atoms with van der Waals surface area (Å²) < 4.78 is 5.20. The average Bonchev–Trinajstić information content (AvgIpc) is 2.43. The molecule has 0 spiro atoms. The Bertz CT molecular complexity index is 509. The van der Waals surface area contributed by atoms with Gasteiger partial charge in [0.1, 0.15) is 5.60 Å². The summed E-state index contributed by atoms with van der Waals surface area (Å²) >= 11 is 0. The molecule has 23 heavy (non-hydrogen) atoms. The standard InChI is InChI=1S/C17H25NO5/c1-17(2,3)23-16(22)18-13(14(19)9-10-15(20)21)11-12-7-5-4-6-8-12/h4-8,13-14,19H,9-11H2,1-3H3,(H,18,22)(H,20,21)/t13-,14-/m0/s1. The minimum Gasteiger partial charge on any atom is -0.481 e. The van der Waals surface area contributed by atoms with E-state index in [1.54, 1.807) is 20.8 Å². The van der Waals surface area contributed by atoms with Crippen LogP contribution >= 0.6 is 0 Å². The van der Waals surface area contributed by atoms with Crippen molar-refractivity contribution in [2.75, 3.05) is 0 Å². The normalized spacial score (nSPS) is 13.9. The van der Waals surface area contributed by atoms with Crippen LogP contribution in [0.3, 0.4) is 0 Å². The minimum atomic E-state index is -0.986. The molecule has 1 aromatic rings. The zero-order valence-electron chi connectivity index (χ0n) is 13.8. The van der Waals surface area contributed by atoms with E-state index >= 15 is 0 Å². The predicted octanol–water partition coefficient (Wildman–Crippen LogP) is 2.35. The van der Waals surface area contributed by atoms with Gasteiger partial charge < -0.3 is 20.3 Å². The van der Waals surface area contributed by atoms with E-state index in [1.807, 2.05) is 30.3 Å². The summed E-state index contributed by atoms with van der Waals surface area (Å²) in [6, 6.07) is 8.75. The molecule has 0 heterocycles. The maximum Gasteiger partial charge on any atom is 0.407 e. The van der Waals surface area contributed by atoms with Crippen molar-refractivity contribution < 1.29 is 24.5 Å². The SMILES string of the molecule is CC(C)(C)OC(=O)N[C@@H](Cc1ccccc1)[C@@H](O)CCC(=O)O. The average molecular weight is 323 g/mol. The molecule has 0 bridgehead atoms. The van der Waals surface area contributed by atoms with Gasteiger partial charge in [-0.15, -0.1) is 0 Å². The molecule has 3 N–H and O–H groups in total. The molecule has 0 unspecified atom stereocenters. The smallest absolute Gasteiger partial charge is 0.407 e. The highest BCUT2D eigenvalue weighted by Gasteiger charge is 2.25. The van der Waals surface area contributed by atoms with Gasteiger partial charge in [-0.05, 0) is 39.2 Å².